The van der Waals surface area contributed by atoms with Crippen LogP contribution in [0.15, 0.2) is 24.3 Å². The van der Waals surface area contributed by atoms with Gasteiger partial charge in [-0.15, -0.1) is 24.2 Å². The Bertz CT molecular complexity index is 272. The van der Waals surface area contributed by atoms with Crippen molar-refractivity contribution in [2.45, 2.75) is 11.8 Å². The maximum Gasteiger partial charge on any atom is 0.115 e. The number of thioether (sulfide) groups is 1. The van der Waals surface area contributed by atoms with Gasteiger partial charge in [-0.2, -0.15) is 0 Å². The van der Waals surface area contributed by atoms with Crippen LogP contribution in [0.25, 0.3) is 0 Å². The Balaban J connectivity index is 0.000000980. The quantitative estimate of drug-likeness (QED) is 0.817. The van der Waals surface area contributed by atoms with E-state index in [2.05, 4.69) is 5.32 Å². The zero-order valence-electron chi connectivity index (χ0n) is 7.77. The Morgan fingerprint density at radius 3 is 2.64 bits per heavy atom. The van der Waals surface area contributed by atoms with Crippen LogP contribution in [0.2, 0.25) is 0 Å². The maximum atomic E-state index is 9.10. The van der Waals surface area contributed by atoms with Crippen LogP contribution in [0, 0.1) is 0 Å². The number of hydrogen-bond donors (Lipinski definition) is 2. The average Bonchev–Trinajstić information content (AvgIpc) is 2.62. The molecule has 0 bridgehead atoms. The van der Waals surface area contributed by atoms with Crippen LogP contribution in [-0.4, -0.2) is 22.8 Å². The number of hydrogen-bond acceptors (Lipinski definition) is 3. The number of halogens is 1. The van der Waals surface area contributed by atoms with Crippen LogP contribution < -0.4 is 5.32 Å². The van der Waals surface area contributed by atoms with Gasteiger partial charge in [0.05, 0.1) is 5.37 Å². The molecule has 2 nitrogen and oxygen atoms in total. The fraction of sp³-hybridized carbons (Fsp3) is 0.400. The summed E-state index contributed by atoms with van der Waals surface area (Å²) in [6.45, 7) is 1.12. The SMILES string of the molecule is Cl.Oc1ccc(CC2NCCS2)cc1. The number of rotatable bonds is 2. The van der Waals surface area contributed by atoms with E-state index >= 15 is 0 Å². The fourth-order valence-electron chi connectivity index (χ4n) is 1.46. The molecular weight excluding hydrogens is 218 g/mol. The van der Waals surface area contributed by atoms with Crippen molar-refractivity contribution in [3.8, 4) is 5.75 Å². The summed E-state index contributed by atoms with van der Waals surface area (Å²) < 4.78 is 0. The third-order valence-corrected chi connectivity index (χ3v) is 3.33. The van der Waals surface area contributed by atoms with E-state index in [9.17, 15) is 0 Å². The van der Waals surface area contributed by atoms with Gasteiger partial charge in [0.1, 0.15) is 5.75 Å². The first kappa shape index (κ1) is 11.7. The zero-order valence-corrected chi connectivity index (χ0v) is 9.40. The summed E-state index contributed by atoms with van der Waals surface area (Å²) in [7, 11) is 0. The summed E-state index contributed by atoms with van der Waals surface area (Å²) in [5, 5.41) is 13.1. The lowest BCUT2D eigenvalue weighted by molar-refractivity contribution is 0.475. The zero-order chi connectivity index (χ0) is 9.10. The lowest BCUT2D eigenvalue weighted by atomic mass is 10.1. The predicted octanol–water partition coefficient (Wildman–Crippen LogP) is 2.02. The molecular formula is C10H14ClNOS. The molecule has 0 spiro atoms. The number of phenolic OH excluding ortho intramolecular Hbond substituents is 1. The normalized spacial score (nSPS) is 20.4. The summed E-state index contributed by atoms with van der Waals surface area (Å²) in [5.41, 5.74) is 1.28. The van der Waals surface area contributed by atoms with Gasteiger partial charge in [-0.3, -0.25) is 0 Å². The first-order valence-electron chi connectivity index (χ1n) is 4.47. The Labute approximate surface area is 94.5 Å². The summed E-state index contributed by atoms with van der Waals surface area (Å²) in [6.07, 6.45) is 1.05. The molecule has 14 heavy (non-hydrogen) atoms. The van der Waals surface area contributed by atoms with Crippen molar-refractivity contribution in [1.82, 2.24) is 5.32 Å². The highest BCUT2D eigenvalue weighted by atomic mass is 35.5. The van der Waals surface area contributed by atoms with Crippen molar-refractivity contribution in [1.29, 1.82) is 0 Å². The van der Waals surface area contributed by atoms with Gasteiger partial charge in [0.15, 0.2) is 0 Å². The van der Waals surface area contributed by atoms with Crippen molar-refractivity contribution in [3.63, 3.8) is 0 Å². The number of benzene rings is 1. The maximum absolute atomic E-state index is 9.10. The van der Waals surface area contributed by atoms with Crippen LogP contribution in [0.3, 0.4) is 0 Å². The van der Waals surface area contributed by atoms with E-state index in [1.54, 1.807) is 12.1 Å². The first-order chi connectivity index (χ1) is 6.34. The van der Waals surface area contributed by atoms with Gasteiger partial charge in [0.25, 0.3) is 0 Å². The number of nitrogens with one attached hydrogen (secondary N) is 1. The van der Waals surface area contributed by atoms with Crippen molar-refractivity contribution in [2.75, 3.05) is 12.3 Å². The average molecular weight is 232 g/mol. The molecule has 1 aromatic carbocycles. The summed E-state index contributed by atoms with van der Waals surface area (Å²) in [4.78, 5) is 0. The van der Waals surface area contributed by atoms with E-state index in [1.807, 2.05) is 23.9 Å². The molecule has 1 atom stereocenters. The standard InChI is InChI=1S/C10H13NOS.ClH/c12-9-3-1-8(2-4-9)7-10-11-5-6-13-10;/h1-4,10-12H,5-7H2;1H. The van der Waals surface area contributed by atoms with E-state index < -0.39 is 0 Å². The first-order valence-corrected chi connectivity index (χ1v) is 5.52. The van der Waals surface area contributed by atoms with E-state index in [0.29, 0.717) is 11.1 Å². The Hall–Kier alpha value is -0.380. The molecule has 1 unspecified atom stereocenters. The second-order valence-electron chi connectivity index (χ2n) is 3.18. The second-order valence-corrected chi connectivity index (χ2v) is 4.49. The van der Waals surface area contributed by atoms with Crippen molar-refractivity contribution >= 4 is 24.2 Å². The van der Waals surface area contributed by atoms with Gasteiger partial charge in [-0.05, 0) is 24.1 Å². The minimum atomic E-state index is 0. The van der Waals surface area contributed by atoms with Crippen LogP contribution >= 0.6 is 24.2 Å². The molecule has 1 aliphatic rings. The molecule has 1 heterocycles. The minimum Gasteiger partial charge on any atom is -0.508 e. The van der Waals surface area contributed by atoms with Gasteiger partial charge < -0.3 is 10.4 Å². The molecule has 0 aliphatic carbocycles. The lowest BCUT2D eigenvalue weighted by Crippen LogP contribution is -2.21. The van der Waals surface area contributed by atoms with Crippen LogP contribution in [0.4, 0.5) is 0 Å². The topological polar surface area (TPSA) is 32.3 Å². The molecule has 2 rings (SSSR count). The van der Waals surface area contributed by atoms with E-state index in [1.165, 1.54) is 11.3 Å². The van der Waals surface area contributed by atoms with Gasteiger partial charge >= 0.3 is 0 Å². The summed E-state index contributed by atoms with van der Waals surface area (Å²) >= 11 is 1.97. The molecule has 0 aromatic heterocycles. The third kappa shape index (κ3) is 3.08. The Morgan fingerprint density at radius 2 is 2.07 bits per heavy atom. The Morgan fingerprint density at radius 1 is 1.36 bits per heavy atom. The van der Waals surface area contributed by atoms with Gasteiger partial charge in [-0.1, -0.05) is 12.1 Å². The van der Waals surface area contributed by atoms with Crippen LogP contribution in [0.5, 0.6) is 5.75 Å². The lowest BCUT2D eigenvalue weighted by Gasteiger charge is -2.08. The summed E-state index contributed by atoms with van der Waals surface area (Å²) in [6, 6.07) is 7.45. The van der Waals surface area contributed by atoms with Gasteiger partial charge in [0, 0.05) is 12.3 Å². The molecule has 0 radical (unpaired) electrons. The third-order valence-electron chi connectivity index (χ3n) is 2.15. The fourth-order valence-corrected chi connectivity index (χ4v) is 2.52. The molecule has 1 fully saturated rings. The smallest absolute Gasteiger partial charge is 0.115 e. The van der Waals surface area contributed by atoms with Crippen molar-refractivity contribution in [3.05, 3.63) is 29.8 Å². The van der Waals surface area contributed by atoms with Crippen LogP contribution in [-0.2, 0) is 6.42 Å². The molecule has 4 heteroatoms. The van der Waals surface area contributed by atoms with E-state index in [-0.39, 0.29) is 12.4 Å². The highest BCUT2D eigenvalue weighted by molar-refractivity contribution is 8.00. The predicted molar refractivity (Wildman–Crippen MR) is 63.3 cm³/mol. The largest absolute Gasteiger partial charge is 0.508 e. The van der Waals surface area contributed by atoms with E-state index in [0.717, 1.165) is 13.0 Å². The Kier molecular flexibility index (Phi) is 4.58. The highest BCUT2D eigenvalue weighted by Gasteiger charge is 2.14. The van der Waals surface area contributed by atoms with Crippen LogP contribution in [0.1, 0.15) is 5.56 Å². The second kappa shape index (κ2) is 5.49. The highest BCUT2D eigenvalue weighted by Crippen LogP contribution is 2.19. The number of aromatic hydroxyl groups is 1. The molecule has 1 aliphatic heterocycles. The molecule has 78 valence electrons. The molecule has 1 aromatic rings. The van der Waals surface area contributed by atoms with Gasteiger partial charge in [-0.25, -0.2) is 0 Å². The molecule has 1 saturated heterocycles. The van der Waals surface area contributed by atoms with Crippen molar-refractivity contribution < 1.29 is 5.11 Å². The molecule has 0 amide bonds. The molecule has 0 saturated carbocycles. The molecule has 2 N–H and O–H groups in total. The van der Waals surface area contributed by atoms with Crippen molar-refractivity contribution in [2.24, 2.45) is 0 Å². The monoisotopic (exact) mass is 231 g/mol. The van der Waals surface area contributed by atoms with E-state index in [4.69, 9.17) is 5.11 Å². The summed E-state index contributed by atoms with van der Waals surface area (Å²) in [5.74, 6) is 1.55. The van der Waals surface area contributed by atoms with Gasteiger partial charge in [0.2, 0.25) is 0 Å². The minimum absolute atomic E-state index is 0. The number of phenols is 1.